The highest BCUT2D eigenvalue weighted by Gasteiger charge is 2.05. The zero-order valence-electron chi connectivity index (χ0n) is 5.52. The maximum absolute atomic E-state index is 10.3. The standard InChI is InChI=1S/C7H6O3.HI/c8-6-4-2-1-3-5(6)7(9)10;/h1-4,8H,(H,9,10);1H. The molecule has 0 spiro atoms. The van der Waals surface area contributed by atoms with Crippen molar-refractivity contribution in [3.8, 4) is 5.75 Å². The molecule has 4 heteroatoms. The molecule has 0 fully saturated rings. The molecule has 2 N–H and O–H groups in total. The Balaban J connectivity index is 0.000001000. The normalized spacial score (nSPS) is 8.36. The maximum atomic E-state index is 10.3. The molecule has 0 amide bonds. The summed E-state index contributed by atoms with van der Waals surface area (Å²) in [5.41, 5.74) is -0.0671. The summed E-state index contributed by atoms with van der Waals surface area (Å²) in [6.07, 6.45) is 0. The van der Waals surface area contributed by atoms with Crippen LogP contribution >= 0.6 is 24.0 Å². The quantitative estimate of drug-likeness (QED) is 0.761. The van der Waals surface area contributed by atoms with E-state index in [2.05, 4.69) is 0 Å². The number of carboxylic acid groups (broad SMARTS) is 1. The Bertz CT molecular complexity index is 260. The summed E-state index contributed by atoms with van der Waals surface area (Å²) in [6.45, 7) is 0. The second kappa shape index (κ2) is 4.17. The van der Waals surface area contributed by atoms with Gasteiger partial charge in [-0.1, -0.05) is 12.1 Å². The summed E-state index contributed by atoms with van der Waals surface area (Å²) >= 11 is 0. The van der Waals surface area contributed by atoms with Gasteiger partial charge in [-0.3, -0.25) is 0 Å². The smallest absolute Gasteiger partial charge is 0.339 e. The summed E-state index contributed by atoms with van der Waals surface area (Å²) in [7, 11) is 0. The summed E-state index contributed by atoms with van der Waals surface area (Å²) in [5, 5.41) is 17.3. The summed E-state index contributed by atoms with van der Waals surface area (Å²) in [6, 6.07) is 5.81. The summed E-state index contributed by atoms with van der Waals surface area (Å²) in [5.74, 6) is -1.31. The molecule has 0 aliphatic carbocycles. The molecule has 11 heavy (non-hydrogen) atoms. The van der Waals surface area contributed by atoms with Crippen LogP contribution in [0, 0.1) is 0 Å². The van der Waals surface area contributed by atoms with Crippen LogP contribution in [0.3, 0.4) is 0 Å². The van der Waals surface area contributed by atoms with E-state index in [1.54, 1.807) is 12.1 Å². The monoisotopic (exact) mass is 266 g/mol. The maximum Gasteiger partial charge on any atom is 0.339 e. The predicted octanol–water partition coefficient (Wildman–Crippen LogP) is 1.71. The van der Waals surface area contributed by atoms with Gasteiger partial charge in [-0.05, 0) is 12.1 Å². The number of carboxylic acids is 1. The van der Waals surface area contributed by atoms with Gasteiger partial charge in [-0.25, -0.2) is 4.79 Å². The molecule has 1 aromatic rings. The highest BCUT2D eigenvalue weighted by Crippen LogP contribution is 2.14. The lowest BCUT2D eigenvalue weighted by Gasteiger charge is -1.95. The number of hydrogen-bond donors (Lipinski definition) is 2. The van der Waals surface area contributed by atoms with Gasteiger partial charge in [0.25, 0.3) is 0 Å². The van der Waals surface area contributed by atoms with Crippen molar-refractivity contribution in [3.63, 3.8) is 0 Å². The SMILES string of the molecule is I.O=C(O)c1ccccc1O. The van der Waals surface area contributed by atoms with E-state index < -0.39 is 5.97 Å². The minimum absolute atomic E-state index is 0. The molecule has 0 saturated heterocycles. The Labute approximate surface area is 80.7 Å². The van der Waals surface area contributed by atoms with Gasteiger partial charge >= 0.3 is 5.97 Å². The first kappa shape index (κ1) is 10.2. The van der Waals surface area contributed by atoms with E-state index in [0.717, 1.165) is 0 Å². The van der Waals surface area contributed by atoms with Crippen LogP contribution in [0.25, 0.3) is 0 Å². The molecule has 0 atom stereocenters. The Morgan fingerprint density at radius 3 is 2.18 bits per heavy atom. The molecule has 0 aliphatic heterocycles. The van der Waals surface area contributed by atoms with Gasteiger partial charge in [-0.15, -0.1) is 24.0 Å². The number of para-hydroxylation sites is 1. The largest absolute Gasteiger partial charge is 0.507 e. The van der Waals surface area contributed by atoms with E-state index in [9.17, 15) is 4.79 Å². The molecule has 0 saturated carbocycles. The second-order valence-corrected chi connectivity index (χ2v) is 1.82. The minimum atomic E-state index is -1.11. The van der Waals surface area contributed by atoms with Crippen molar-refractivity contribution < 1.29 is 15.0 Å². The van der Waals surface area contributed by atoms with E-state index >= 15 is 0 Å². The highest BCUT2D eigenvalue weighted by molar-refractivity contribution is 14.0. The molecular weight excluding hydrogens is 259 g/mol. The van der Waals surface area contributed by atoms with Crippen LogP contribution in [0.2, 0.25) is 0 Å². The number of hydrogen-bond acceptors (Lipinski definition) is 2. The average molecular weight is 266 g/mol. The van der Waals surface area contributed by atoms with E-state index in [4.69, 9.17) is 10.2 Å². The number of halogens is 1. The molecule has 1 rings (SSSR count). The first-order chi connectivity index (χ1) is 4.72. The third kappa shape index (κ3) is 2.38. The summed E-state index contributed by atoms with van der Waals surface area (Å²) in [4.78, 5) is 10.3. The number of phenols is 1. The molecule has 0 aliphatic rings. The molecule has 0 unspecified atom stereocenters. The Hall–Kier alpha value is -0.780. The van der Waals surface area contributed by atoms with Crippen LogP contribution in [0.15, 0.2) is 24.3 Å². The van der Waals surface area contributed by atoms with Gasteiger partial charge in [0.2, 0.25) is 0 Å². The van der Waals surface area contributed by atoms with Crippen LogP contribution in [0.1, 0.15) is 10.4 Å². The van der Waals surface area contributed by atoms with Crippen LogP contribution < -0.4 is 0 Å². The molecular formula is C7H7IO3. The predicted molar refractivity (Wildman–Crippen MR) is 50.5 cm³/mol. The number of aromatic carboxylic acids is 1. The van der Waals surface area contributed by atoms with Crippen LogP contribution in [-0.2, 0) is 0 Å². The number of aromatic hydroxyl groups is 1. The first-order valence-electron chi connectivity index (χ1n) is 2.73. The van der Waals surface area contributed by atoms with Gasteiger partial charge in [0.05, 0.1) is 0 Å². The van der Waals surface area contributed by atoms with Crippen molar-refractivity contribution in [2.45, 2.75) is 0 Å². The van der Waals surface area contributed by atoms with Crippen LogP contribution in [0.5, 0.6) is 5.75 Å². The Morgan fingerprint density at radius 2 is 1.82 bits per heavy atom. The van der Waals surface area contributed by atoms with Crippen molar-refractivity contribution in [2.75, 3.05) is 0 Å². The topological polar surface area (TPSA) is 57.5 Å². The van der Waals surface area contributed by atoms with Crippen molar-refractivity contribution in [1.29, 1.82) is 0 Å². The number of rotatable bonds is 1. The molecule has 3 nitrogen and oxygen atoms in total. The molecule has 0 bridgehead atoms. The molecule has 0 aromatic heterocycles. The van der Waals surface area contributed by atoms with E-state index in [-0.39, 0.29) is 35.3 Å². The van der Waals surface area contributed by atoms with E-state index in [1.807, 2.05) is 0 Å². The van der Waals surface area contributed by atoms with Crippen LogP contribution in [-0.4, -0.2) is 16.2 Å². The first-order valence-corrected chi connectivity index (χ1v) is 2.73. The van der Waals surface area contributed by atoms with Crippen molar-refractivity contribution >= 4 is 29.9 Å². The number of benzene rings is 1. The second-order valence-electron chi connectivity index (χ2n) is 1.82. The summed E-state index contributed by atoms with van der Waals surface area (Å²) < 4.78 is 0. The van der Waals surface area contributed by atoms with Crippen molar-refractivity contribution in [2.24, 2.45) is 0 Å². The Morgan fingerprint density at radius 1 is 1.27 bits per heavy atom. The molecule has 1 aromatic carbocycles. The molecule has 0 radical (unpaired) electrons. The van der Waals surface area contributed by atoms with Gasteiger partial charge in [0.1, 0.15) is 11.3 Å². The lowest BCUT2D eigenvalue weighted by molar-refractivity contribution is 0.0694. The lowest BCUT2D eigenvalue weighted by Crippen LogP contribution is -1.95. The van der Waals surface area contributed by atoms with E-state index in [1.165, 1.54) is 12.1 Å². The van der Waals surface area contributed by atoms with Crippen molar-refractivity contribution in [3.05, 3.63) is 29.8 Å². The fourth-order valence-corrected chi connectivity index (χ4v) is 0.654. The highest BCUT2D eigenvalue weighted by atomic mass is 127. The Kier molecular flexibility index (Phi) is 3.88. The molecule has 60 valence electrons. The third-order valence-electron chi connectivity index (χ3n) is 1.13. The van der Waals surface area contributed by atoms with E-state index in [0.29, 0.717) is 0 Å². The number of carbonyl (C=O) groups is 1. The zero-order chi connectivity index (χ0) is 7.56. The average Bonchev–Trinajstić information content (AvgIpc) is 1.88. The fourth-order valence-electron chi connectivity index (χ4n) is 0.654. The van der Waals surface area contributed by atoms with Crippen LogP contribution in [0.4, 0.5) is 0 Å². The molecule has 0 heterocycles. The van der Waals surface area contributed by atoms with Gasteiger partial charge in [-0.2, -0.15) is 0 Å². The third-order valence-corrected chi connectivity index (χ3v) is 1.13. The minimum Gasteiger partial charge on any atom is -0.507 e. The fraction of sp³-hybridized carbons (Fsp3) is 0. The van der Waals surface area contributed by atoms with Gasteiger partial charge < -0.3 is 10.2 Å². The van der Waals surface area contributed by atoms with Gasteiger partial charge in [0.15, 0.2) is 0 Å². The van der Waals surface area contributed by atoms with Gasteiger partial charge in [0, 0.05) is 0 Å². The lowest BCUT2D eigenvalue weighted by atomic mass is 10.2. The zero-order valence-corrected chi connectivity index (χ0v) is 7.85. The van der Waals surface area contributed by atoms with Crippen molar-refractivity contribution in [1.82, 2.24) is 0 Å².